The molecule has 0 aromatic carbocycles. The van der Waals surface area contributed by atoms with Crippen LogP contribution in [-0.4, -0.2) is 53.8 Å². The molecule has 0 atom stereocenters. The van der Waals surface area contributed by atoms with Crippen molar-refractivity contribution >= 4 is 11.6 Å². The van der Waals surface area contributed by atoms with E-state index in [1.54, 1.807) is 17.3 Å². The molecule has 120 valence electrons. The van der Waals surface area contributed by atoms with Crippen LogP contribution in [0, 0.1) is 0 Å². The van der Waals surface area contributed by atoms with Gasteiger partial charge in [0.1, 0.15) is 6.61 Å². The van der Waals surface area contributed by atoms with Crippen molar-refractivity contribution in [3.8, 4) is 6.01 Å². The lowest BCUT2D eigenvalue weighted by molar-refractivity contribution is -0.141. The van der Waals surface area contributed by atoms with Crippen molar-refractivity contribution in [1.29, 1.82) is 0 Å². The number of carbonyl (C=O) groups excluding carboxylic acids is 1. The largest absolute Gasteiger partial charge is 0.461 e. The van der Waals surface area contributed by atoms with Crippen LogP contribution in [0.25, 0.3) is 0 Å². The fourth-order valence-corrected chi connectivity index (χ4v) is 2.86. The van der Waals surface area contributed by atoms with Gasteiger partial charge >= 0.3 is 6.01 Å². The molecule has 7 nitrogen and oxygen atoms in total. The van der Waals surface area contributed by atoms with E-state index in [-0.39, 0.29) is 24.2 Å². The maximum Gasteiger partial charge on any atom is 0.316 e. The Balaban J connectivity index is 1.75. The van der Waals surface area contributed by atoms with E-state index in [9.17, 15) is 4.79 Å². The van der Waals surface area contributed by atoms with Crippen molar-refractivity contribution in [3.63, 3.8) is 0 Å². The Bertz CT molecular complexity index is 526. The summed E-state index contributed by atoms with van der Waals surface area (Å²) in [6.45, 7) is 6.35. The van der Waals surface area contributed by atoms with Gasteiger partial charge in [0.15, 0.2) is 0 Å². The van der Waals surface area contributed by atoms with Crippen LogP contribution >= 0.6 is 0 Å². The highest BCUT2D eigenvalue weighted by molar-refractivity contribution is 5.94. The fraction of sp³-hybridized carbons (Fsp3) is 0.667. The van der Waals surface area contributed by atoms with Gasteiger partial charge in [0, 0.05) is 0 Å². The van der Waals surface area contributed by atoms with Crippen molar-refractivity contribution in [2.45, 2.75) is 38.4 Å². The summed E-state index contributed by atoms with van der Waals surface area (Å²) in [5.41, 5.74) is 0.453. The molecule has 2 saturated heterocycles. The SMILES string of the molecule is CC(C)Oc1ncc(N2CC3(CCNCC3)OCC2=O)cn1. The maximum absolute atomic E-state index is 12.2. The molecule has 3 rings (SSSR count). The number of hydrogen-bond donors (Lipinski definition) is 1. The third kappa shape index (κ3) is 3.20. The first kappa shape index (κ1) is 15.2. The highest BCUT2D eigenvalue weighted by Gasteiger charge is 2.41. The topological polar surface area (TPSA) is 76.6 Å². The lowest BCUT2D eigenvalue weighted by Gasteiger charge is -2.44. The van der Waals surface area contributed by atoms with E-state index in [2.05, 4.69) is 15.3 Å². The molecule has 22 heavy (non-hydrogen) atoms. The van der Waals surface area contributed by atoms with Gasteiger partial charge in [-0.1, -0.05) is 0 Å². The number of nitrogens with one attached hydrogen (secondary N) is 1. The van der Waals surface area contributed by atoms with Gasteiger partial charge in [-0.05, 0) is 39.8 Å². The predicted octanol–water partition coefficient (Wildman–Crippen LogP) is 0.749. The summed E-state index contributed by atoms with van der Waals surface area (Å²) in [7, 11) is 0. The van der Waals surface area contributed by atoms with Gasteiger partial charge in [0.25, 0.3) is 5.91 Å². The molecular weight excluding hydrogens is 284 g/mol. The minimum atomic E-state index is -0.244. The molecule has 1 N–H and O–H groups in total. The molecule has 0 radical (unpaired) electrons. The van der Waals surface area contributed by atoms with Crippen LogP contribution in [0.15, 0.2) is 12.4 Å². The van der Waals surface area contributed by atoms with Gasteiger partial charge in [0.05, 0.1) is 36.3 Å². The van der Waals surface area contributed by atoms with Gasteiger partial charge < -0.3 is 19.7 Å². The molecule has 1 spiro atoms. The van der Waals surface area contributed by atoms with E-state index in [1.807, 2.05) is 13.8 Å². The minimum Gasteiger partial charge on any atom is -0.461 e. The third-order valence-corrected chi connectivity index (χ3v) is 4.03. The number of carbonyl (C=O) groups is 1. The number of hydrogen-bond acceptors (Lipinski definition) is 6. The number of amides is 1. The molecule has 2 aliphatic rings. The predicted molar refractivity (Wildman–Crippen MR) is 80.9 cm³/mol. The molecule has 2 aliphatic heterocycles. The Morgan fingerprint density at radius 1 is 1.32 bits per heavy atom. The molecule has 1 amide bonds. The van der Waals surface area contributed by atoms with Crippen LogP contribution in [-0.2, 0) is 9.53 Å². The maximum atomic E-state index is 12.2. The summed E-state index contributed by atoms with van der Waals surface area (Å²) in [5, 5.41) is 3.32. The highest BCUT2D eigenvalue weighted by Crippen LogP contribution is 2.30. The second kappa shape index (κ2) is 6.18. The monoisotopic (exact) mass is 306 g/mol. The quantitative estimate of drug-likeness (QED) is 0.888. The van der Waals surface area contributed by atoms with Gasteiger partial charge in [-0.25, -0.2) is 9.97 Å². The second-order valence-electron chi connectivity index (χ2n) is 6.09. The van der Waals surface area contributed by atoms with Crippen molar-refractivity contribution in [3.05, 3.63) is 12.4 Å². The van der Waals surface area contributed by atoms with E-state index < -0.39 is 0 Å². The first-order chi connectivity index (χ1) is 10.6. The summed E-state index contributed by atoms with van der Waals surface area (Å²) in [4.78, 5) is 22.3. The average Bonchev–Trinajstić information content (AvgIpc) is 2.51. The Morgan fingerprint density at radius 2 is 2.00 bits per heavy atom. The summed E-state index contributed by atoms with van der Waals surface area (Å²) >= 11 is 0. The molecule has 0 saturated carbocycles. The summed E-state index contributed by atoms with van der Waals surface area (Å²) in [6, 6.07) is 0.330. The summed E-state index contributed by atoms with van der Waals surface area (Å²) in [6.07, 6.45) is 5.12. The number of anilines is 1. The number of nitrogens with zero attached hydrogens (tertiary/aromatic N) is 3. The zero-order valence-corrected chi connectivity index (χ0v) is 13.0. The molecule has 0 unspecified atom stereocenters. The number of rotatable bonds is 3. The molecular formula is C15H22N4O3. The third-order valence-electron chi connectivity index (χ3n) is 4.03. The Kier molecular flexibility index (Phi) is 4.26. The fourth-order valence-electron chi connectivity index (χ4n) is 2.86. The smallest absolute Gasteiger partial charge is 0.316 e. The second-order valence-corrected chi connectivity index (χ2v) is 6.09. The molecule has 1 aromatic rings. The van der Waals surface area contributed by atoms with Crippen LogP contribution in [0.3, 0.4) is 0 Å². The van der Waals surface area contributed by atoms with Crippen molar-refractivity contribution in [2.24, 2.45) is 0 Å². The van der Waals surface area contributed by atoms with Crippen molar-refractivity contribution in [1.82, 2.24) is 15.3 Å². The number of aromatic nitrogens is 2. The minimum absolute atomic E-state index is 0.0221. The molecule has 0 aliphatic carbocycles. The van der Waals surface area contributed by atoms with Crippen LogP contribution in [0.5, 0.6) is 6.01 Å². The standard InChI is InChI=1S/C15H22N4O3/c1-11(2)22-14-17-7-12(8-18-14)19-10-15(21-9-13(19)20)3-5-16-6-4-15/h7-8,11,16H,3-6,9-10H2,1-2H3. The van der Waals surface area contributed by atoms with E-state index >= 15 is 0 Å². The van der Waals surface area contributed by atoms with E-state index in [0.29, 0.717) is 18.2 Å². The van der Waals surface area contributed by atoms with Gasteiger partial charge in [-0.15, -0.1) is 0 Å². The van der Waals surface area contributed by atoms with Crippen LogP contribution in [0.2, 0.25) is 0 Å². The van der Waals surface area contributed by atoms with Crippen LogP contribution in [0.4, 0.5) is 5.69 Å². The average molecular weight is 306 g/mol. The number of piperidine rings is 1. The molecule has 7 heteroatoms. The van der Waals surface area contributed by atoms with Crippen molar-refractivity contribution < 1.29 is 14.3 Å². The summed E-state index contributed by atoms with van der Waals surface area (Å²) < 4.78 is 11.3. The first-order valence-corrected chi connectivity index (χ1v) is 7.72. The zero-order chi connectivity index (χ0) is 15.6. The van der Waals surface area contributed by atoms with E-state index in [1.165, 1.54) is 0 Å². The summed E-state index contributed by atoms with van der Waals surface area (Å²) in [5.74, 6) is -0.0507. The van der Waals surface area contributed by atoms with Crippen LogP contribution in [0.1, 0.15) is 26.7 Å². The zero-order valence-electron chi connectivity index (χ0n) is 13.0. The van der Waals surface area contributed by atoms with Crippen molar-refractivity contribution in [2.75, 3.05) is 31.1 Å². The molecule has 0 bridgehead atoms. The molecule has 1 aromatic heterocycles. The number of morpholine rings is 1. The highest BCUT2D eigenvalue weighted by atomic mass is 16.5. The van der Waals surface area contributed by atoms with E-state index in [0.717, 1.165) is 25.9 Å². The van der Waals surface area contributed by atoms with E-state index in [4.69, 9.17) is 9.47 Å². The molecule has 2 fully saturated rings. The van der Waals surface area contributed by atoms with Gasteiger partial charge in [-0.3, -0.25) is 4.79 Å². The van der Waals surface area contributed by atoms with Crippen LogP contribution < -0.4 is 15.0 Å². The van der Waals surface area contributed by atoms with Gasteiger partial charge in [0.2, 0.25) is 0 Å². The first-order valence-electron chi connectivity index (χ1n) is 7.72. The van der Waals surface area contributed by atoms with Gasteiger partial charge in [-0.2, -0.15) is 0 Å². The Morgan fingerprint density at radius 3 is 2.64 bits per heavy atom. The molecule has 3 heterocycles. The Labute approximate surface area is 130 Å². The lowest BCUT2D eigenvalue weighted by atomic mass is 9.90. The lowest BCUT2D eigenvalue weighted by Crippen LogP contribution is -2.58. The number of ether oxygens (including phenoxy) is 2. The Hall–Kier alpha value is -1.73. The normalized spacial score (nSPS) is 21.4.